The molecule has 0 aliphatic carbocycles. The quantitative estimate of drug-likeness (QED) is 0.714. The van der Waals surface area contributed by atoms with Gasteiger partial charge < -0.3 is 15.7 Å². The molecule has 2 aromatic carbocycles. The molecule has 0 fully saturated rings. The first-order chi connectivity index (χ1) is 10.6. The number of phenolic OH excluding ortho intramolecular Hbond substituents is 1. The average molecular weight is 363 g/mol. The first-order valence-corrected chi connectivity index (χ1v) is 7.48. The molecule has 0 bridgehead atoms. The average Bonchev–Trinajstić information content (AvgIpc) is 2.52. The maximum absolute atomic E-state index is 11.9. The Kier molecular flexibility index (Phi) is 5.55. The van der Waals surface area contributed by atoms with Crippen LogP contribution in [0.15, 0.2) is 53.0 Å². The molecule has 0 aliphatic heterocycles. The van der Waals surface area contributed by atoms with Gasteiger partial charge in [0.1, 0.15) is 5.75 Å². The summed E-state index contributed by atoms with van der Waals surface area (Å²) in [6, 6.07) is 13.4. The van der Waals surface area contributed by atoms with E-state index in [4.69, 9.17) is 0 Å². The summed E-state index contributed by atoms with van der Waals surface area (Å²) in [6.45, 7) is 0.558. The lowest BCUT2D eigenvalue weighted by Gasteiger charge is -2.09. The number of nitrogens with one attached hydrogen (secondary N) is 2. The molecule has 22 heavy (non-hydrogen) atoms. The highest BCUT2D eigenvalue weighted by Crippen LogP contribution is 2.16. The number of carbonyl (C=O) groups excluding carboxylic acids is 2. The van der Waals surface area contributed by atoms with E-state index in [1.54, 1.807) is 30.3 Å². The Balaban J connectivity index is 1.80. The second kappa shape index (κ2) is 7.61. The van der Waals surface area contributed by atoms with Gasteiger partial charge in [0, 0.05) is 17.6 Å². The standard InChI is InChI=1S/C16H15BrN2O3/c17-13-7-3-1-5-11(13)15(21)18-9-10-19-16(22)12-6-2-4-8-14(12)20/h1-8,20H,9-10H2,(H,18,21)(H,19,22). The van der Waals surface area contributed by atoms with Gasteiger partial charge in [0.25, 0.3) is 11.8 Å². The Labute approximate surface area is 136 Å². The fourth-order valence-electron chi connectivity index (χ4n) is 1.85. The zero-order valence-corrected chi connectivity index (χ0v) is 13.3. The van der Waals surface area contributed by atoms with Crippen molar-refractivity contribution in [3.63, 3.8) is 0 Å². The first-order valence-electron chi connectivity index (χ1n) is 6.68. The Morgan fingerprint density at radius 3 is 1.95 bits per heavy atom. The Hall–Kier alpha value is -2.34. The summed E-state index contributed by atoms with van der Waals surface area (Å²) in [5.74, 6) is -0.672. The molecule has 0 unspecified atom stereocenters. The Bertz CT molecular complexity index is 629. The molecule has 2 rings (SSSR count). The number of hydrogen-bond acceptors (Lipinski definition) is 3. The number of halogens is 1. The minimum atomic E-state index is -0.381. The molecule has 0 aromatic heterocycles. The van der Waals surface area contributed by atoms with Gasteiger partial charge in [-0.1, -0.05) is 24.3 Å². The SMILES string of the molecule is O=C(NCCNC(=O)c1ccccc1Br)c1ccccc1O. The van der Waals surface area contributed by atoms with Gasteiger partial charge in [-0.15, -0.1) is 0 Å². The third kappa shape index (κ3) is 4.08. The number of phenols is 1. The van der Waals surface area contributed by atoms with E-state index in [1.165, 1.54) is 12.1 Å². The van der Waals surface area contributed by atoms with Crippen LogP contribution in [0.2, 0.25) is 0 Å². The van der Waals surface area contributed by atoms with Gasteiger partial charge in [-0.2, -0.15) is 0 Å². The molecule has 114 valence electrons. The van der Waals surface area contributed by atoms with Crippen molar-refractivity contribution < 1.29 is 14.7 Å². The second-order valence-electron chi connectivity index (χ2n) is 4.51. The van der Waals surface area contributed by atoms with Crippen molar-refractivity contribution in [3.05, 3.63) is 64.1 Å². The number of hydrogen-bond donors (Lipinski definition) is 3. The van der Waals surface area contributed by atoms with Crippen molar-refractivity contribution in [1.29, 1.82) is 0 Å². The number of aromatic hydroxyl groups is 1. The van der Waals surface area contributed by atoms with Crippen molar-refractivity contribution in [2.45, 2.75) is 0 Å². The van der Waals surface area contributed by atoms with Crippen LogP contribution < -0.4 is 10.6 Å². The van der Waals surface area contributed by atoms with Crippen LogP contribution in [-0.2, 0) is 0 Å². The molecule has 0 saturated carbocycles. The molecule has 0 radical (unpaired) electrons. The third-order valence-corrected chi connectivity index (χ3v) is 3.65. The third-order valence-electron chi connectivity index (χ3n) is 2.96. The minimum absolute atomic E-state index is 0.0720. The van der Waals surface area contributed by atoms with E-state index in [2.05, 4.69) is 26.6 Å². The van der Waals surface area contributed by atoms with E-state index in [0.29, 0.717) is 16.6 Å². The molecule has 0 heterocycles. The topological polar surface area (TPSA) is 78.4 Å². The van der Waals surface area contributed by atoms with Gasteiger partial charge in [0.15, 0.2) is 0 Å². The van der Waals surface area contributed by atoms with Crippen LogP contribution >= 0.6 is 15.9 Å². The molecular weight excluding hydrogens is 348 g/mol. The van der Waals surface area contributed by atoms with Crippen molar-refractivity contribution in [1.82, 2.24) is 10.6 Å². The largest absolute Gasteiger partial charge is 0.507 e. The smallest absolute Gasteiger partial charge is 0.255 e. The van der Waals surface area contributed by atoms with E-state index < -0.39 is 0 Å². The number of benzene rings is 2. The Morgan fingerprint density at radius 1 is 0.864 bits per heavy atom. The van der Waals surface area contributed by atoms with Crippen LogP contribution in [0.3, 0.4) is 0 Å². The van der Waals surface area contributed by atoms with E-state index in [0.717, 1.165) is 0 Å². The number of carbonyl (C=O) groups is 2. The molecule has 6 heteroatoms. The van der Waals surface area contributed by atoms with Crippen LogP contribution in [0.1, 0.15) is 20.7 Å². The van der Waals surface area contributed by atoms with Gasteiger partial charge in [-0.05, 0) is 40.2 Å². The highest BCUT2D eigenvalue weighted by Gasteiger charge is 2.10. The summed E-state index contributed by atoms with van der Waals surface area (Å²) < 4.78 is 0.714. The highest BCUT2D eigenvalue weighted by atomic mass is 79.9. The summed E-state index contributed by atoms with van der Waals surface area (Å²) >= 11 is 3.31. The van der Waals surface area contributed by atoms with Crippen LogP contribution in [0.25, 0.3) is 0 Å². The van der Waals surface area contributed by atoms with Crippen LogP contribution in [0, 0.1) is 0 Å². The monoisotopic (exact) mass is 362 g/mol. The molecule has 2 aromatic rings. The summed E-state index contributed by atoms with van der Waals surface area (Å²) in [6.07, 6.45) is 0. The van der Waals surface area contributed by atoms with Crippen LogP contribution in [-0.4, -0.2) is 30.0 Å². The fraction of sp³-hybridized carbons (Fsp3) is 0.125. The highest BCUT2D eigenvalue weighted by molar-refractivity contribution is 9.10. The van der Waals surface area contributed by atoms with E-state index in [9.17, 15) is 14.7 Å². The van der Waals surface area contributed by atoms with Gasteiger partial charge >= 0.3 is 0 Å². The van der Waals surface area contributed by atoms with Crippen molar-refractivity contribution in [2.24, 2.45) is 0 Å². The van der Waals surface area contributed by atoms with Crippen LogP contribution in [0.5, 0.6) is 5.75 Å². The molecular formula is C16H15BrN2O3. The predicted octanol–water partition coefficient (Wildman–Crippen LogP) is 2.31. The summed E-state index contributed by atoms with van der Waals surface area (Å²) in [5.41, 5.74) is 0.745. The van der Waals surface area contributed by atoms with Crippen molar-refractivity contribution in [2.75, 3.05) is 13.1 Å². The lowest BCUT2D eigenvalue weighted by molar-refractivity contribution is 0.0925. The number of rotatable bonds is 5. The zero-order chi connectivity index (χ0) is 15.9. The molecule has 0 atom stereocenters. The van der Waals surface area contributed by atoms with Crippen molar-refractivity contribution >= 4 is 27.7 Å². The lowest BCUT2D eigenvalue weighted by Crippen LogP contribution is -2.34. The molecule has 3 N–H and O–H groups in total. The maximum atomic E-state index is 11.9. The molecule has 0 spiro atoms. The van der Waals surface area contributed by atoms with Gasteiger partial charge in [0.05, 0.1) is 11.1 Å². The van der Waals surface area contributed by atoms with E-state index >= 15 is 0 Å². The number of amides is 2. The van der Waals surface area contributed by atoms with Gasteiger partial charge in [-0.3, -0.25) is 9.59 Å². The second-order valence-corrected chi connectivity index (χ2v) is 5.36. The normalized spacial score (nSPS) is 10.0. The van der Waals surface area contributed by atoms with E-state index in [1.807, 2.05) is 6.07 Å². The molecule has 5 nitrogen and oxygen atoms in total. The lowest BCUT2D eigenvalue weighted by atomic mass is 10.2. The van der Waals surface area contributed by atoms with Gasteiger partial charge in [-0.25, -0.2) is 0 Å². The molecule has 2 amide bonds. The van der Waals surface area contributed by atoms with Gasteiger partial charge in [0.2, 0.25) is 0 Å². The molecule has 0 aliphatic rings. The van der Waals surface area contributed by atoms with Crippen molar-refractivity contribution in [3.8, 4) is 5.75 Å². The number of para-hydroxylation sites is 1. The summed E-state index contributed by atoms with van der Waals surface area (Å²) in [7, 11) is 0. The summed E-state index contributed by atoms with van der Waals surface area (Å²) in [5, 5.41) is 14.9. The summed E-state index contributed by atoms with van der Waals surface area (Å²) in [4.78, 5) is 23.8. The first kappa shape index (κ1) is 16.0. The minimum Gasteiger partial charge on any atom is -0.507 e. The fourth-order valence-corrected chi connectivity index (χ4v) is 2.32. The molecule has 0 saturated heterocycles. The maximum Gasteiger partial charge on any atom is 0.255 e. The Morgan fingerprint density at radius 2 is 1.36 bits per heavy atom. The van der Waals surface area contributed by atoms with Crippen LogP contribution in [0.4, 0.5) is 0 Å². The van der Waals surface area contributed by atoms with E-state index in [-0.39, 0.29) is 29.7 Å². The zero-order valence-electron chi connectivity index (χ0n) is 11.7. The predicted molar refractivity (Wildman–Crippen MR) is 86.9 cm³/mol.